The number of sulfonamides is 1. The second kappa shape index (κ2) is 8.40. The number of nitrogens with zero attached hydrogens (tertiary/aromatic N) is 2. The Labute approximate surface area is 217 Å². The van der Waals surface area contributed by atoms with Crippen molar-refractivity contribution in [2.24, 2.45) is 5.73 Å². The first kappa shape index (κ1) is 25.1. The van der Waals surface area contributed by atoms with E-state index in [0.717, 1.165) is 5.56 Å². The first-order valence-corrected chi connectivity index (χ1v) is 14.2. The Bertz CT molecular complexity index is 1730. The number of nitrogens with two attached hydrogens (primary N) is 1. The molecule has 0 saturated heterocycles. The largest absolute Gasteiger partial charge is 0.458 e. The van der Waals surface area contributed by atoms with Gasteiger partial charge in [0.2, 0.25) is 10.0 Å². The number of aromatic nitrogens is 2. The molecule has 4 N–H and O–H groups in total. The van der Waals surface area contributed by atoms with Crippen molar-refractivity contribution >= 4 is 26.9 Å². The zero-order valence-electron chi connectivity index (χ0n) is 20.9. The molecule has 0 spiro atoms. The van der Waals surface area contributed by atoms with Crippen LogP contribution in [0, 0.1) is 12.7 Å². The predicted octanol–water partition coefficient (Wildman–Crippen LogP) is 1.39. The van der Waals surface area contributed by atoms with Gasteiger partial charge in [0.15, 0.2) is 5.60 Å². The smallest absolute Gasteiger partial charge is 0.343 e. The number of esters is 1. The molecule has 2 atom stereocenters. The number of carbonyl (C=O) groups excluding carboxylic acids is 1. The maximum absolute atomic E-state index is 14.9. The van der Waals surface area contributed by atoms with Gasteiger partial charge in [0.25, 0.3) is 5.56 Å². The van der Waals surface area contributed by atoms with Crippen molar-refractivity contribution in [1.29, 1.82) is 0 Å². The maximum Gasteiger partial charge on any atom is 0.343 e. The lowest BCUT2D eigenvalue weighted by atomic mass is 9.82. The Morgan fingerprint density at radius 1 is 1.29 bits per heavy atom. The van der Waals surface area contributed by atoms with Gasteiger partial charge in [-0.25, -0.2) is 27.3 Å². The molecule has 0 fully saturated rings. The van der Waals surface area contributed by atoms with Gasteiger partial charge in [0, 0.05) is 35.2 Å². The van der Waals surface area contributed by atoms with Crippen LogP contribution in [0.1, 0.15) is 59.2 Å². The fourth-order valence-corrected chi connectivity index (χ4v) is 7.20. The van der Waals surface area contributed by atoms with E-state index in [0.29, 0.717) is 51.8 Å². The fraction of sp³-hybridized carbons (Fsp3) is 0.423. The Hall–Kier alpha value is -3.19. The molecular formula is C26H27FN4O6S. The van der Waals surface area contributed by atoms with Crippen molar-refractivity contribution in [3.63, 3.8) is 0 Å². The number of carbonyl (C=O) groups is 1. The topological polar surface area (TPSA) is 154 Å². The summed E-state index contributed by atoms with van der Waals surface area (Å²) in [4.78, 5) is 30.8. The number of aryl methyl sites for hydroxylation is 1. The van der Waals surface area contributed by atoms with Crippen LogP contribution in [0.3, 0.4) is 0 Å². The van der Waals surface area contributed by atoms with Crippen LogP contribution in [0.2, 0.25) is 0 Å². The molecule has 0 unspecified atom stereocenters. The van der Waals surface area contributed by atoms with E-state index < -0.39 is 39.0 Å². The molecule has 1 aliphatic carbocycles. The molecule has 6 rings (SSSR count). The summed E-state index contributed by atoms with van der Waals surface area (Å²) in [6.45, 7) is 3.12. The molecule has 200 valence electrons. The number of ether oxygens (including phenoxy) is 1. The van der Waals surface area contributed by atoms with Crippen molar-refractivity contribution in [2.75, 3.05) is 12.3 Å². The number of hydrogen-bond acceptors (Lipinski definition) is 8. The minimum absolute atomic E-state index is 0.00380. The van der Waals surface area contributed by atoms with Gasteiger partial charge < -0.3 is 20.1 Å². The summed E-state index contributed by atoms with van der Waals surface area (Å²) in [6.07, 6.45) is 0.851. The highest BCUT2D eigenvalue weighted by atomic mass is 32.2. The summed E-state index contributed by atoms with van der Waals surface area (Å²) in [7, 11) is -3.70. The molecule has 0 bridgehead atoms. The third kappa shape index (κ3) is 3.40. The number of fused-ring (bicyclic) bond motifs is 5. The summed E-state index contributed by atoms with van der Waals surface area (Å²) < 4.78 is 49.8. The van der Waals surface area contributed by atoms with Crippen LogP contribution in [0.5, 0.6) is 0 Å². The lowest BCUT2D eigenvalue weighted by Gasteiger charge is -2.31. The van der Waals surface area contributed by atoms with Crippen molar-refractivity contribution < 1.29 is 27.4 Å². The first-order valence-electron chi connectivity index (χ1n) is 12.5. The van der Waals surface area contributed by atoms with Crippen LogP contribution in [-0.2, 0) is 44.7 Å². The number of halogens is 1. The second-order valence-electron chi connectivity index (χ2n) is 10.1. The quantitative estimate of drug-likeness (QED) is 0.320. The van der Waals surface area contributed by atoms with Gasteiger partial charge in [-0.2, -0.15) is 0 Å². The first-order chi connectivity index (χ1) is 18.0. The maximum atomic E-state index is 14.9. The van der Waals surface area contributed by atoms with E-state index in [4.69, 9.17) is 15.5 Å². The molecule has 10 nitrogen and oxygen atoms in total. The van der Waals surface area contributed by atoms with Crippen molar-refractivity contribution in [2.45, 2.75) is 57.9 Å². The van der Waals surface area contributed by atoms with E-state index in [-0.39, 0.29) is 43.0 Å². The zero-order valence-corrected chi connectivity index (χ0v) is 21.7. The average Bonchev–Trinajstić information content (AvgIpc) is 3.24. The van der Waals surface area contributed by atoms with Crippen molar-refractivity contribution in [3.8, 4) is 11.4 Å². The molecule has 0 amide bonds. The van der Waals surface area contributed by atoms with Crippen LogP contribution in [0.15, 0.2) is 16.9 Å². The molecule has 2 aliphatic heterocycles. The van der Waals surface area contributed by atoms with Crippen LogP contribution in [-0.4, -0.2) is 41.3 Å². The second-order valence-corrected chi connectivity index (χ2v) is 12.0. The van der Waals surface area contributed by atoms with Gasteiger partial charge in [-0.1, -0.05) is 6.92 Å². The molecule has 3 aromatic rings. The molecule has 0 radical (unpaired) electrons. The number of benzene rings is 1. The molecule has 0 saturated carbocycles. The van der Waals surface area contributed by atoms with Crippen molar-refractivity contribution in [1.82, 2.24) is 14.3 Å². The van der Waals surface area contributed by atoms with E-state index in [9.17, 15) is 27.5 Å². The predicted molar refractivity (Wildman–Crippen MR) is 136 cm³/mol. The van der Waals surface area contributed by atoms with E-state index in [1.807, 2.05) is 0 Å². The van der Waals surface area contributed by atoms with Gasteiger partial charge in [-0.05, 0) is 48.9 Å². The normalized spacial score (nSPS) is 21.7. The highest BCUT2D eigenvalue weighted by molar-refractivity contribution is 7.89. The minimum atomic E-state index is -3.70. The molecule has 3 aliphatic rings. The summed E-state index contributed by atoms with van der Waals surface area (Å²) in [5.74, 6) is -1.49. The summed E-state index contributed by atoms with van der Waals surface area (Å²) >= 11 is 0. The van der Waals surface area contributed by atoms with Gasteiger partial charge in [0.05, 0.1) is 34.8 Å². The van der Waals surface area contributed by atoms with E-state index in [1.165, 1.54) is 10.6 Å². The number of aliphatic hydroxyl groups is 1. The van der Waals surface area contributed by atoms with Gasteiger partial charge in [0.1, 0.15) is 12.4 Å². The van der Waals surface area contributed by atoms with Crippen LogP contribution < -0.4 is 16.0 Å². The molecular weight excluding hydrogens is 515 g/mol. The third-order valence-electron chi connectivity index (χ3n) is 8.09. The highest BCUT2D eigenvalue weighted by Gasteiger charge is 2.46. The SMILES string of the molecule is CC[C@@]1(O)C(=O)OCc2c1cc1n(c2=O)Cc2c-1nc1cc(F)c(C)c3c1c2[C@@H](NS(=O)(=O)CCN)CC3. The Morgan fingerprint density at radius 3 is 2.76 bits per heavy atom. The molecule has 4 heterocycles. The molecule has 12 heteroatoms. The molecule has 1 aromatic carbocycles. The van der Waals surface area contributed by atoms with Crippen LogP contribution >= 0.6 is 0 Å². The summed E-state index contributed by atoms with van der Waals surface area (Å²) in [5, 5.41) is 11.8. The fourth-order valence-electron chi connectivity index (χ4n) is 6.10. The van der Waals surface area contributed by atoms with E-state index in [2.05, 4.69) is 4.72 Å². The Kier molecular flexibility index (Phi) is 5.55. The number of pyridine rings is 2. The van der Waals surface area contributed by atoms with Gasteiger partial charge >= 0.3 is 5.97 Å². The number of hydrogen-bond donors (Lipinski definition) is 3. The molecule has 2 aromatic heterocycles. The summed E-state index contributed by atoms with van der Waals surface area (Å²) in [6, 6.07) is 2.29. The Morgan fingerprint density at radius 2 is 2.05 bits per heavy atom. The van der Waals surface area contributed by atoms with Crippen LogP contribution in [0.25, 0.3) is 22.3 Å². The minimum Gasteiger partial charge on any atom is -0.458 e. The van der Waals surface area contributed by atoms with E-state index >= 15 is 0 Å². The standard InChI is InChI=1S/C26H27FN4O6S/c1-3-26(34)16-8-20-23-14(10-31(20)24(32)15(16)11-37-25(26)33)22-18(30-38(35,36)7-6-28)5-4-13-12(2)17(27)9-19(29-23)21(13)22/h8-9,18,30,34H,3-7,10-11,28H2,1-2H3/t18-,26-/m0/s1. The average molecular weight is 543 g/mol. The zero-order chi connectivity index (χ0) is 27.1. The Balaban J connectivity index is 1.65. The number of rotatable bonds is 5. The molecule has 38 heavy (non-hydrogen) atoms. The number of cyclic esters (lactones) is 1. The lowest BCUT2D eigenvalue weighted by molar-refractivity contribution is -0.172. The monoisotopic (exact) mass is 542 g/mol. The van der Waals surface area contributed by atoms with Gasteiger partial charge in [-0.3, -0.25) is 4.79 Å². The van der Waals surface area contributed by atoms with Gasteiger partial charge in [-0.15, -0.1) is 0 Å². The lowest BCUT2D eigenvalue weighted by Crippen LogP contribution is -2.44. The third-order valence-corrected chi connectivity index (χ3v) is 9.50. The highest BCUT2D eigenvalue weighted by Crippen LogP contribution is 2.46. The number of nitrogens with one attached hydrogen (secondary N) is 1. The van der Waals surface area contributed by atoms with Crippen LogP contribution in [0.4, 0.5) is 4.39 Å². The van der Waals surface area contributed by atoms with E-state index in [1.54, 1.807) is 19.9 Å². The summed E-state index contributed by atoms with van der Waals surface area (Å²) in [5.41, 5.74) is 7.14. The van der Waals surface area contributed by atoms with Crippen molar-refractivity contribution in [3.05, 3.63) is 61.7 Å².